The molecule has 3 rings (SSSR count). The average Bonchev–Trinajstić information content (AvgIpc) is 2.85. The fraction of sp³-hybridized carbons (Fsp3) is 0.320. The van der Waals surface area contributed by atoms with E-state index in [9.17, 15) is 9.18 Å². The number of carbonyl (C=O) groups excluding carboxylic acids is 1. The van der Waals surface area contributed by atoms with Gasteiger partial charge in [-0.05, 0) is 44.3 Å². The molecule has 0 bridgehead atoms. The molecule has 0 fully saturated rings. The lowest BCUT2D eigenvalue weighted by Crippen LogP contribution is -2.34. The topological polar surface area (TPSA) is 93.4 Å². The quantitative estimate of drug-likeness (QED) is 0.349. The number of nitrogens with two attached hydrogens (primary N) is 1. The van der Waals surface area contributed by atoms with Crippen LogP contribution in [0.25, 0.3) is 11.3 Å². The van der Waals surface area contributed by atoms with Gasteiger partial charge >= 0.3 is 0 Å². The molecule has 1 aromatic heterocycles. The zero-order valence-corrected chi connectivity index (χ0v) is 21.3. The van der Waals surface area contributed by atoms with E-state index in [1.54, 1.807) is 37.3 Å². The van der Waals surface area contributed by atoms with Gasteiger partial charge in [-0.2, -0.15) is 0 Å². The SMILES string of the molecule is CCN(CC)CCNC(=O)c1ccc(-c2cc(OC(C)c3c(Cl)ccc(F)c3Cl)c(N)nn2)cc1. The number of halogens is 3. The summed E-state index contributed by atoms with van der Waals surface area (Å²) in [5, 5.41) is 11.2. The molecule has 1 amide bonds. The van der Waals surface area contributed by atoms with Crippen molar-refractivity contribution in [2.75, 3.05) is 31.9 Å². The summed E-state index contributed by atoms with van der Waals surface area (Å²) in [6, 6.07) is 11.2. The summed E-state index contributed by atoms with van der Waals surface area (Å²) in [6.07, 6.45) is -0.701. The van der Waals surface area contributed by atoms with E-state index in [1.165, 1.54) is 12.1 Å². The van der Waals surface area contributed by atoms with E-state index in [4.69, 9.17) is 33.7 Å². The Morgan fingerprint density at radius 2 is 1.83 bits per heavy atom. The van der Waals surface area contributed by atoms with E-state index < -0.39 is 11.9 Å². The second kappa shape index (κ2) is 12.2. The van der Waals surface area contributed by atoms with Crippen LogP contribution in [0.3, 0.4) is 0 Å². The van der Waals surface area contributed by atoms with Crippen molar-refractivity contribution in [3.8, 4) is 17.0 Å². The third-order valence-corrected chi connectivity index (χ3v) is 6.34. The van der Waals surface area contributed by atoms with Crippen molar-refractivity contribution in [3.63, 3.8) is 0 Å². The first-order valence-electron chi connectivity index (χ1n) is 11.3. The molecule has 0 saturated heterocycles. The summed E-state index contributed by atoms with van der Waals surface area (Å²) >= 11 is 12.3. The number of nitrogen functional groups attached to an aromatic ring is 1. The predicted octanol–water partition coefficient (Wildman–Crippen LogP) is 5.38. The number of likely N-dealkylation sites (N-methyl/N-ethyl adjacent to an activating group) is 1. The molecule has 1 atom stereocenters. The normalized spacial score (nSPS) is 12.0. The Hall–Kier alpha value is -2.94. The second-order valence-electron chi connectivity index (χ2n) is 7.86. The van der Waals surface area contributed by atoms with Crippen LogP contribution in [0.15, 0.2) is 42.5 Å². The van der Waals surface area contributed by atoms with E-state index in [0.29, 0.717) is 23.4 Å². The Kier molecular flexibility index (Phi) is 9.26. The molecule has 35 heavy (non-hydrogen) atoms. The molecule has 0 saturated carbocycles. The minimum Gasteiger partial charge on any atom is -0.482 e. The van der Waals surface area contributed by atoms with Crippen LogP contribution in [-0.4, -0.2) is 47.2 Å². The first kappa shape index (κ1) is 26.7. The number of hydrogen-bond acceptors (Lipinski definition) is 6. The first-order chi connectivity index (χ1) is 16.7. The summed E-state index contributed by atoms with van der Waals surface area (Å²) in [5.74, 6) is -0.431. The lowest BCUT2D eigenvalue weighted by atomic mass is 10.1. The molecule has 0 aliphatic rings. The number of aromatic nitrogens is 2. The minimum absolute atomic E-state index is 0.0634. The van der Waals surface area contributed by atoms with Crippen LogP contribution >= 0.6 is 23.2 Å². The highest BCUT2D eigenvalue weighted by molar-refractivity contribution is 6.36. The molecule has 0 aliphatic heterocycles. The number of ether oxygens (including phenoxy) is 1. The lowest BCUT2D eigenvalue weighted by molar-refractivity contribution is 0.0949. The van der Waals surface area contributed by atoms with Gasteiger partial charge in [0, 0.05) is 40.9 Å². The highest BCUT2D eigenvalue weighted by atomic mass is 35.5. The van der Waals surface area contributed by atoms with Crippen LogP contribution < -0.4 is 15.8 Å². The largest absolute Gasteiger partial charge is 0.482 e. The summed E-state index contributed by atoms with van der Waals surface area (Å²) in [5.41, 5.74) is 8.01. The number of anilines is 1. The maximum atomic E-state index is 13.9. The molecule has 3 N–H and O–H groups in total. The summed E-state index contributed by atoms with van der Waals surface area (Å²) in [4.78, 5) is 14.7. The third kappa shape index (κ3) is 6.60. The molecule has 0 radical (unpaired) electrons. The number of amides is 1. The van der Waals surface area contributed by atoms with E-state index in [1.807, 2.05) is 0 Å². The van der Waals surface area contributed by atoms with E-state index in [-0.39, 0.29) is 27.5 Å². The number of nitrogens with zero attached hydrogens (tertiary/aromatic N) is 3. The molecular weight excluding hydrogens is 492 g/mol. The molecule has 0 aliphatic carbocycles. The Balaban J connectivity index is 1.73. The van der Waals surface area contributed by atoms with Gasteiger partial charge in [0.15, 0.2) is 11.6 Å². The fourth-order valence-electron chi connectivity index (χ4n) is 3.55. The number of nitrogens with one attached hydrogen (secondary N) is 1. The van der Waals surface area contributed by atoms with E-state index in [0.717, 1.165) is 25.2 Å². The Bertz CT molecular complexity index is 1170. The minimum atomic E-state index is -0.701. The zero-order chi connectivity index (χ0) is 25.5. The van der Waals surface area contributed by atoms with Gasteiger partial charge in [0.05, 0.1) is 10.7 Å². The van der Waals surface area contributed by atoms with Crippen molar-refractivity contribution in [2.24, 2.45) is 0 Å². The van der Waals surface area contributed by atoms with Crippen LogP contribution in [0.1, 0.15) is 42.8 Å². The Morgan fingerprint density at radius 3 is 2.49 bits per heavy atom. The van der Waals surface area contributed by atoms with Crippen LogP contribution in [0, 0.1) is 5.82 Å². The van der Waals surface area contributed by atoms with Gasteiger partial charge in [-0.1, -0.05) is 49.2 Å². The third-order valence-electron chi connectivity index (χ3n) is 5.63. The van der Waals surface area contributed by atoms with E-state index >= 15 is 0 Å². The van der Waals surface area contributed by atoms with Crippen molar-refractivity contribution in [3.05, 3.63) is 69.5 Å². The van der Waals surface area contributed by atoms with Gasteiger partial charge in [-0.3, -0.25) is 4.79 Å². The maximum Gasteiger partial charge on any atom is 0.251 e. The summed E-state index contributed by atoms with van der Waals surface area (Å²) < 4.78 is 19.8. The molecule has 7 nitrogen and oxygen atoms in total. The van der Waals surface area contributed by atoms with Crippen LogP contribution in [0.4, 0.5) is 10.2 Å². The zero-order valence-electron chi connectivity index (χ0n) is 19.8. The molecule has 186 valence electrons. The average molecular weight is 520 g/mol. The standard InChI is InChI=1S/C25H28Cl2FN5O2/c1-4-33(5-2)13-12-30-25(34)17-8-6-16(7-9-17)20-14-21(24(29)32-31-20)35-15(3)22-18(26)10-11-19(28)23(22)27/h6-11,14-15H,4-5,12-13H2,1-3H3,(H2,29,32)(H,30,34). The Morgan fingerprint density at radius 1 is 1.14 bits per heavy atom. The molecule has 1 heterocycles. The molecule has 0 spiro atoms. The maximum absolute atomic E-state index is 13.9. The van der Waals surface area contributed by atoms with E-state index in [2.05, 4.69) is 34.3 Å². The summed E-state index contributed by atoms with van der Waals surface area (Å²) in [7, 11) is 0. The van der Waals surface area contributed by atoms with Crippen molar-refractivity contribution in [1.82, 2.24) is 20.4 Å². The number of rotatable bonds is 10. The summed E-state index contributed by atoms with van der Waals surface area (Å²) in [6.45, 7) is 9.11. The predicted molar refractivity (Wildman–Crippen MR) is 137 cm³/mol. The van der Waals surface area contributed by atoms with Crippen molar-refractivity contribution in [1.29, 1.82) is 0 Å². The molecule has 3 aromatic rings. The van der Waals surface area contributed by atoms with Crippen molar-refractivity contribution < 1.29 is 13.9 Å². The van der Waals surface area contributed by atoms with Crippen molar-refractivity contribution in [2.45, 2.75) is 26.9 Å². The highest BCUT2D eigenvalue weighted by Crippen LogP contribution is 2.36. The number of carbonyl (C=O) groups is 1. The number of benzene rings is 2. The number of hydrogen-bond donors (Lipinski definition) is 2. The molecule has 2 aromatic carbocycles. The first-order valence-corrected chi connectivity index (χ1v) is 12.0. The van der Waals surface area contributed by atoms with Crippen LogP contribution in [-0.2, 0) is 0 Å². The smallest absolute Gasteiger partial charge is 0.251 e. The van der Waals surface area contributed by atoms with Gasteiger partial charge in [-0.15, -0.1) is 10.2 Å². The van der Waals surface area contributed by atoms with Crippen molar-refractivity contribution >= 4 is 34.9 Å². The monoisotopic (exact) mass is 519 g/mol. The van der Waals surface area contributed by atoms with Gasteiger partial charge in [0.25, 0.3) is 5.91 Å². The lowest BCUT2D eigenvalue weighted by Gasteiger charge is -2.19. The van der Waals surface area contributed by atoms with Crippen LogP contribution in [0.5, 0.6) is 5.75 Å². The van der Waals surface area contributed by atoms with Gasteiger partial charge in [0.1, 0.15) is 11.9 Å². The highest BCUT2D eigenvalue weighted by Gasteiger charge is 2.20. The molecular formula is C25H28Cl2FN5O2. The van der Waals surface area contributed by atoms with Gasteiger partial charge in [0.2, 0.25) is 0 Å². The van der Waals surface area contributed by atoms with Gasteiger partial charge < -0.3 is 20.7 Å². The second-order valence-corrected chi connectivity index (χ2v) is 8.64. The fourth-order valence-corrected chi connectivity index (χ4v) is 4.22. The van der Waals surface area contributed by atoms with Gasteiger partial charge in [-0.25, -0.2) is 4.39 Å². The molecule has 10 heteroatoms. The Labute approximate surface area is 214 Å². The molecule has 1 unspecified atom stereocenters. The van der Waals surface area contributed by atoms with Crippen LogP contribution in [0.2, 0.25) is 10.0 Å².